The van der Waals surface area contributed by atoms with Crippen LogP contribution in [-0.4, -0.2) is 56.9 Å². The second kappa shape index (κ2) is 10.7. The van der Waals surface area contributed by atoms with Gasteiger partial charge in [0, 0.05) is 30.6 Å². The second-order valence-electron chi connectivity index (χ2n) is 10.8. The van der Waals surface area contributed by atoms with Gasteiger partial charge in [-0.3, -0.25) is 14.4 Å². The predicted molar refractivity (Wildman–Crippen MR) is 153 cm³/mol. The average Bonchev–Trinajstić information content (AvgIpc) is 3.60. The first-order chi connectivity index (χ1) is 19.0. The number of carbonyl (C=O) groups is 3. The topological polar surface area (TPSA) is 98.7 Å². The van der Waals surface area contributed by atoms with Gasteiger partial charge in [0.15, 0.2) is 0 Å². The Morgan fingerprint density at radius 1 is 0.974 bits per heavy atom. The number of unbranched alkanes of at least 4 members (excludes halogenated alkanes) is 1. The van der Waals surface area contributed by atoms with Crippen LogP contribution >= 0.6 is 11.8 Å². The number of likely N-dealkylation sites (tertiary alicyclic amines) is 1. The summed E-state index contributed by atoms with van der Waals surface area (Å²) in [5, 5.41) is 17.7. The summed E-state index contributed by atoms with van der Waals surface area (Å²) in [5.41, 5.74) is 1.70. The van der Waals surface area contributed by atoms with E-state index in [9.17, 15) is 19.5 Å². The number of benzene rings is 3. The standard InChI is InChI=1S/C31H33N3O4S/c35-17-7-6-16-34-27(29(37)33-23-13-12-21-10-4-5-11-22(21)18-23)31-15-14-24(39-31)25(26(31)30(34)38)28(36)32-19-20-8-2-1-3-9-20/h1-5,8-13,18,24-27,35H,6-7,14-17,19H2,(H,32,36)(H,33,37)/t24-,25+,26-,27?,31?/m0/s1. The first kappa shape index (κ1) is 25.9. The van der Waals surface area contributed by atoms with E-state index in [2.05, 4.69) is 10.6 Å². The van der Waals surface area contributed by atoms with Crippen LogP contribution in [0.5, 0.6) is 0 Å². The zero-order chi connectivity index (χ0) is 27.0. The molecule has 1 spiro atoms. The van der Waals surface area contributed by atoms with E-state index in [4.69, 9.17) is 0 Å². The molecule has 3 aliphatic heterocycles. The fourth-order valence-corrected chi connectivity index (χ4v) is 8.99. The smallest absolute Gasteiger partial charge is 0.248 e. The maximum absolute atomic E-state index is 14.0. The summed E-state index contributed by atoms with van der Waals surface area (Å²) in [7, 11) is 0. The van der Waals surface area contributed by atoms with Crippen molar-refractivity contribution in [1.29, 1.82) is 0 Å². The molecule has 3 N–H and O–H groups in total. The molecular formula is C31H33N3O4S. The van der Waals surface area contributed by atoms with E-state index < -0.39 is 22.6 Å². The zero-order valence-electron chi connectivity index (χ0n) is 21.7. The number of amides is 3. The molecule has 7 nitrogen and oxygen atoms in total. The summed E-state index contributed by atoms with van der Waals surface area (Å²) >= 11 is 1.67. The lowest BCUT2D eigenvalue weighted by Crippen LogP contribution is -2.51. The molecule has 3 heterocycles. The van der Waals surface area contributed by atoms with E-state index in [-0.39, 0.29) is 29.6 Å². The van der Waals surface area contributed by atoms with Gasteiger partial charge in [0.25, 0.3) is 0 Å². The van der Waals surface area contributed by atoms with Crippen LogP contribution in [0.1, 0.15) is 31.2 Å². The summed E-state index contributed by atoms with van der Waals surface area (Å²) in [6.45, 7) is 0.830. The fourth-order valence-electron chi connectivity index (χ4n) is 6.77. The molecule has 6 rings (SSSR count). The highest BCUT2D eigenvalue weighted by Crippen LogP contribution is 2.66. The number of hydrogen-bond acceptors (Lipinski definition) is 5. The van der Waals surface area contributed by atoms with Crippen LogP contribution in [-0.2, 0) is 20.9 Å². The molecule has 0 aromatic heterocycles. The molecule has 0 radical (unpaired) electrons. The highest BCUT2D eigenvalue weighted by atomic mass is 32.2. The van der Waals surface area contributed by atoms with Crippen molar-refractivity contribution < 1.29 is 19.5 Å². The van der Waals surface area contributed by atoms with Crippen LogP contribution in [0.3, 0.4) is 0 Å². The van der Waals surface area contributed by atoms with Crippen LogP contribution in [0.15, 0.2) is 72.8 Å². The number of thioether (sulfide) groups is 1. The third-order valence-corrected chi connectivity index (χ3v) is 10.4. The van der Waals surface area contributed by atoms with Gasteiger partial charge in [0.2, 0.25) is 17.7 Å². The number of nitrogens with zero attached hydrogens (tertiary/aromatic N) is 1. The van der Waals surface area contributed by atoms with E-state index in [0.717, 1.165) is 29.2 Å². The average molecular weight is 544 g/mol. The van der Waals surface area contributed by atoms with Gasteiger partial charge in [-0.2, -0.15) is 0 Å². The van der Waals surface area contributed by atoms with E-state index in [1.807, 2.05) is 72.8 Å². The van der Waals surface area contributed by atoms with Crippen molar-refractivity contribution in [3.05, 3.63) is 78.4 Å². The minimum absolute atomic E-state index is 0.0188. The molecule has 202 valence electrons. The number of aliphatic hydroxyl groups is 1. The van der Waals surface area contributed by atoms with Gasteiger partial charge in [-0.05, 0) is 54.2 Å². The summed E-state index contributed by atoms with van der Waals surface area (Å²) in [6.07, 6.45) is 2.69. The van der Waals surface area contributed by atoms with Crippen molar-refractivity contribution in [2.45, 2.75) is 48.3 Å². The minimum atomic E-state index is -0.665. The molecule has 2 bridgehead atoms. The largest absolute Gasteiger partial charge is 0.396 e. The van der Waals surface area contributed by atoms with E-state index >= 15 is 0 Å². The first-order valence-electron chi connectivity index (χ1n) is 13.7. The van der Waals surface area contributed by atoms with Crippen LogP contribution in [0.25, 0.3) is 10.8 Å². The summed E-state index contributed by atoms with van der Waals surface area (Å²) in [6, 6.07) is 22.9. The highest BCUT2D eigenvalue weighted by Gasteiger charge is 2.73. The number of fused-ring (bicyclic) bond motifs is 2. The number of hydrogen-bond donors (Lipinski definition) is 3. The Bertz CT molecular complexity index is 1400. The van der Waals surface area contributed by atoms with Crippen molar-refractivity contribution in [2.75, 3.05) is 18.5 Å². The molecule has 0 saturated carbocycles. The number of carbonyl (C=O) groups excluding carboxylic acids is 3. The van der Waals surface area contributed by atoms with E-state index in [1.165, 1.54) is 0 Å². The molecule has 0 aliphatic carbocycles. The lowest BCUT2D eigenvalue weighted by atomic mass is 9.70. The van der Waals surface area contributed by atoms with Gasteiger partial charge in [-0.25, -0.2) is 0 Å². The highest BCUT2D eigenvalue weighted by molar-refractivity contribution is 8.02. The number of aliphatic hydroxyl groups excluding tert-OH is 1. The fraction of sp³-hybridized carbons (Fsp3) is 0.387. The SMILES string of the molecule is O=C(Nc1ccc2ccccc2c1)C1N(CCCCO)C(=O)[C@@H]2[C@H](C(=O)NCc3ccccc3)[C@@H]3CCC12S3. The number of nitrogens with one attached hydrogen (secondary N) is 2. The van der Waals surface area contributed by atoms with Gasteiger partial charge < -0.3 is 20.6 Å². The molecule has 3 aromatic carbocycles. The Hall–Kier alpha value is -3.36. The molecule has 3 saturated heterocycles. The monoisotopic (exact) mass is 543 g/mol. The van der Waals surface area contributed by atoms with Crippen molar-refractivity contribution in [2.24, 2.45) is 11.8 Å². The van der Waals surface area contributed by atoms with Gasteiger partial charge in [-0.15, -0.1) is 11.8 Å². The Labute approximate surface area is 232 Å². The molecule has 3 aliphatic rings. The van der Waals surface area contributed by atoms with Gasteiger partial charge >= 0.3 is 0 Å². The molecular weight excluding hydrogens is 510 g/mol. The number of anilines is 1. The minimum Gasteiger partial charge on any atom is -0.396 e. The van der Waals surface area contributed by atoms with Crippen LogP contribution in [0, 0.1) is 11.8 Å². The van der Waals surface area contributed by atoms with E-state index in [1.54, 1.807) is 16.7 Å². The van der Waals surface area contributed by atoms with Gasteiger partial charge in [0.05, 0.1) is 16.6 Å². The normalized spacial score (nSPS) is 27.1. The van der Waals surface area contributed by atoms with Crippen molar-refractivity contribution in [3.63, 3.8) is 0 Å². The Morgan fingerprint density at radius 3 is 2.54 bits per heavy atom. The Kier molecular flexibility index (Phi) is 7.08. The third-order valence-electron chi connectivity index (χ3n) is 8.48. The van der Waals surface area contributed by atoms with E-state index in [0.29, 0.717) is 31.6 Å². The lowest BCUT2D eigenvalue weighted by molar-refractivity contribution is -0.139. The Morgan fingerprint density at radius 2 is 1.74 bits per heavy atom. The third kappa shape index (κ3) is 4.59. The molecule has 39 heavy (non-hydrogen) atoms. The zero-order valence-corrected chi connectivity index (χ0v) is 22.5. The summed E-state index contributed by atoms with van der Waals surface area (Å²) in [4.78, 5) is 43.2. The lowest BCUT2D eigenvalue weighted by Gasteiger charge is -2.34. The van der Waals surface area contributed by atoms with Crippen molar-refractivity contribution >= 4 is 45.9 Å². The molecule has 8 heteroatoms. The molecule has 2 unspecified atom stereocenters. The van der Waals surface area contributed by atoms with Crippen LogP contribution < -0.4 is 10.6 Å². The quantitative estimate of drug-likeness (QED) is 0.355. The summed E-state index contributed by atoms with van der Waals surface area (Å²) < 4.78 is -0.628. The number of rotatable bonds is 9. The summed E-state index contributed by atoms with van der Waals surface area (Å²) in [5.74, 6) is -1.41. The molecule has 3 amide bonds. The molecule has 3 aromatic rings. The van der Waals surface area contributed by atoms with Gasteiger partial charge in [-0.1, -0.05) is 60.7 Å². The van der Waals surface area contributed by atoms with Crippen LogP contribution in [0.4, 0.5) is 5.69 Å². The first-order valence-corrected chi connectivity index (χ1v) is 14.6. The van der Waals surface area contributed by atoms with Crippen molar-refractivity contribution in [1.82, 2.24) is 10.2 Å². The van der Waals surface area contributed by atoms with Crippen LogP contribution in [0.2, 0.25) is 0 Å². The second-order valence-corrected chi connectivity index (χ2v) is 12.4. The van der Waals surface area contributed by atoms with Crippen molar-refractivity contribution in [3.8, 4) is 0 Å². The predicted octanol–water partition coefficient (Wildman–Crippen LogP) is 3.96. The maximum atomic E-state index is 14.0. The molecule has 3 fully saturated rings. The maximum Gasteiger partial charge on any atom is 0.248 e. The molecule has 5 atom stereocenters. The Balaban J connectivity index is 1.27. The van der Waals surface area contributed by atoms with Gasteiger partial charge in [0.1, 0.15) is 6.04 Å².